The van der Waals surface area contributed by atoms with Gasteiger partial charge in [0.1, 0.15) is 5.75 Å². The normalized spacial score (nSPS) is 16.2. The number of aliphatic hydroxyl groups excluding tert-OH is 1. The van der Waals surface area contributed by atoms with Crippen molar-refractivity contribution in [1.29, 1.82) is 0 Å². The van der Waals surface area contributed by atoms with E-state index in [0.717, 1.165) is 22.9 Å². The van der Waals surface area contributed by atoms with Crippen molar-refractivity contribution in [3.05, 3.63) is 28.2 Å². The SMILES string of the molecule is Cc1ccc(OCC(=O)N2CCC(CO)CC2)c(Br)c1. The fraction of sp³-hybridized carbons (Fsp3) is 0.533. The topological polar surface area (TPSA) is 49.8 Å². The van der Waals surface area contributed by atoms with Gasteiger partial charge in [-0.1, -0.05) is 6.07 Å². The Morgan fingerprint density at radius 1 is 1.45 bits per heavy atom. The summed E-state index contributed by atoms with van der Waals surface area (Å²) in [6.07, 6.45) is 1.74. The van der Waals surface area contributed by atoms with Crippen LogP contribution in [0.25, 0.3) is 0 Å². The van der Waals surface area contributed by atoms with Gasteiger partial charge >= 0.3 is 0 Å². The molecule has 1 amide bonds. The van der Waals surface area contributed by atoms with Gasteiger partial charge in [-0.2, -0.15) is 0 Å². The zero-order chi connectivity index (χ0) is 14.5. The highest BCUT2D eigenvalue weighted by Crippen LogP contribution is 2.26. The van der Waals surface area contributed by atoms with E-state index in [1.54, 1.807) is 0 Å². The Balaban J connectivity index is 1.83. The van der Waals surface area contributed by atoms with Gasteiger partial charge in [-0.25, -0.2) is 0 Å². The zero-order valence-corrected chi connectivity index (χ0v) is 13.2. The molecule has 1 N–H and O–H groups in total. The molecular formula is C15H20BrNO3. The van der Waals surface area contributed by atoms with Gasteiger partial charge in [0.05, 0.1) is 4.47 Å². The highest BCUT2D eigenvalue weighted by Gasteiger charge is 2.22. The van der Waals surface area contributed by atoms with E-state index < -0.39 is 0 Å². The molecule has 0 aromatic heterocycles. The third kappa shape index (κ3) is 3.96. The van der Waals surface area contributed by atoms with Crippen LogP contribution < -0.4 is 4.74 Å². The Labute approximate surface area is 127 Å². The summed E-state index contributed by atoms with van der Waals surface area (Å²) in [7, 11) is 0. The molecule has 5 heteroatoms. The van der Waals surface area contributed by atoms with Gasteiger partial charge < -0.3 is 14.7 Å². The lowest BCUT2D eigenvalue weighted by Gasteiger charge is -2.31. The number of likely N-dealkylation sites (tertiary alicyclic amines) is 1. The minimum atomic E-state index is 0.00821. The Bertz CT molecular complexity index is 470. The molecule has 1 heterocycles. The summed E-state index contributed by atoms with van der Waals surface area (Å²) in [4.78, 5) is 13.9. The molecule has 110 valence electrons. The van der Waals surface area contributed by atoms with E-state index in [1.807, 2.05) is 30.0 Å². The van der Waals surface area contributed by atoms with Crippen LogP contribution in [0, 0.1) is 12.8 Å². The summed E-state index contributed by atoms with van der Waals surface area (Å²) in [6.45, 7) is 3.70. The Morgan fingerprint density at radius 2 is 2.15 bits per heavy atom. The maximum atomic E-state index is 12.1. The van der Waals surface area contributed by atoms with Gasteiger partial charge in [0.25, 0.3) is 5.91 Å². The van der Waals surface area contributed by atoms with Crippen molar-refractivity contribution in [1.82, 2.24) is 4.90 Å². The first-order chi connectivity index (χ1) is 9.60. The van der Waals surface area contributed by atoms with Crippen LogP contribution in [0.5, 0.6) is 5.75 Å². The minimum Gasteiger partial charge on any atom is -0.483 e. The van der Waals surface area contributed by atoms with Crippen LogP contribution in [0.4, 0.5) is 0 Å². The number of rotatable bonds is 4. The average molecular weight is 342 g/mol. The van der Waals surface area contributed by atoms with Crippen molar-refractivity contribution in [3.63, 3.8) is 0 Å². The fourth-order valence-electron chi connectivity index (χ4n) is 2.32. The van der Waals surface area contributed by atoms with Gasteiger partial charge in [0.15, 0.2) is 6.61 Å². The monoisotopic (exact) mass is 341 g/mol. The lowest BCUT2D eigenvalue weighted by atomic mass is 9.98. The number of aliphatic hydroxyl groups is 1. The van der Waals surface area contributed by atoms with Crippen molar-refractivity contribution in [2.24, 2.45) is 5.92 Å². The molecule has 1 fully saturated rings. The summed E-state index contributed by atoms with van der Waals surface area (Å²) in [6, 6.07) is 5.79. The molecule has 1 aliphatic heterocycles. The zero-order valence-electron chi connectivity index (χ0n) is 11.6. The maximum absolute atomic E-state index is 12.1. The number of nitrogens with zero attached hydrogens (tertiary/aromatic N) is 1. The van der Waals surface area contributed by atoms with Gasteiger partial charge in [0, 0.05) is 19.7 Å². The Morgan fingerprint density at radius 3 is 2.75 bits per heavy atom. The van der Waals surface area contributed by atoms with Crippen molar-refractivity contribution in [2.45, 2.75) is 19.8 Å². The van der Waals surface area contributed by atoms with Crippen molar-refractivity contribution in [2.75, 3.05) is 26.3 Å². The van der Waals surface area contributed by atoms with Gasteiger partial charge in [-0.15, -0.1) is 0 Å². The summed E-state index contributed by atoms with van der Waals surface area (Å²) in [5, 5.41) is 9.09. The third-order valence-corrected chi connectivity index (χ3v) is 4.28. The van der Waals surface area contributed by atoms with Gasteiger partial charge in [-0.3, -0.25) is 4.79 Å². The van der Waals surface area contributed by atoms with Crippen molar-refractivity contribution >= 4 is 21.8 Å². The number of piperidine rings is 1. The van der Waals surface area contributed by atoms with Crippen molar-refractivity contribution in [3.8, 4) is 5.75 Å². The minimum absolute atomic E-state index is 0.00821. The van der Waals surface area contributed by atoms with Crippen molar-refractivity contribution < 1.29 is 14.6 Å². The van der Waals surface area contributed by atoms with Gasteiger partial charge in [0.2, 0.25) is 0 Å². The van der Waals surface area contributed by atoms with E-state index in [-0.39, 0.29) is 19.1 Å². The number of benzene rings is 1. The molecule has 0 atom stereocenters. The molecule has 0 saturated carbocycles. The highest BCUT2D eigenvalue weighted by molar-refractivity contribution is 9.10. The predicted molar refractivity (Wildman–Crippen MR) is 80.8 cm³/mol. The van der Waals surface area contributed by atoms with Crippen LogP contribution in [0.1, 0.15) is 18.4 Å². The molecule has 1 aliphatic rings. The number of hydrogen-bond donors (Lipinski definition) is 1. The quantitative estimate of drug-likeness (QED) is 0.914. The number of halogens is 1. The molecule has 0 aliphatic carbocycles. The molecule has 0 radical (unpaired) electrons. The van der Waals surface area contributed by atoms with Crippen LogP contribution in [0.15, 0.2) is 22.7 Å². The predicted octanol–water partition coefficient (Wildman–Crippen LogP) is 2.37. The number of ether oxygens (including phenoxy) is 1. The van der Waals surface area contributed by atoms with E-state index in [1.165, 1.54) is 0 Å². The highest BCUT2D eigenvalue weighted by atomic mass is 79.9. The molecule has 4 nitrogen and oxygen atoms in total. The molecule has 2 rings (SSSR count). The number of aryl methyl sites for hydroxylation is 1. The van der Waals surface area contributed by atoms with E-state index >= 15 is 0 Å². The lowest BCUT2D eigenvalue weighted by Crippen LogP contribution is -2.41. The summed E-state index contributed by atoms with van der Waals surface area (Å²) < 4.78 is 6.44. The van der Waals surface area contributed by atoms with Gasteiger partial charge in [-0.05, 0) is 59.3 Å². The first kappa shape index (κ1) is 15.3. The first-order valence-electron chi connectivity index (χ1n) is 6.87. The smallest absolute Gasteiger partial charge is 0.260 e. The second-order valence-corrected chi connectivity index (χ2v) is 6.08. The summed E-state index contributed by atoms with van der Waals surface area (Å²) in [5.41, 5.74) is 1.14. The molecule has 1 aromatic rings. The molecule has 20 heavy (non-hydrogen) atoms. The summed E-state index contributed by atoms with van der Waals surface area (Å²) in [5.74, 6) is 1.04. The second-order valence-electron chi connectivity index (χ2n) is 5.23. The number of carbonyl (C=O) groups is 1. The van der Waals surface area contributed by atoms with Crippen LogP contribution in [-0.2, 0) is 4.79 Å². The molecule has 1 aromatic carbocycles. The Kier molecular flexibility index (Phi) is 5.43. The largest absolute Gasteiger partial charge is 0.483 e. The Hall–Kier alpha value is -1.07. The molecule has 0 spiro atoms. The van der Waals surface area contributed by atoms with E-state index in [2.05, 4.69) is 15.9 Å². The second kappa shape index (κ2) is 7.09. The van der Waals surface area contributed by atoms with Crippen LogP contribution in [0.3, 0.4) is 0 Å². The number of hydrogen-bond acceptors (Lipinski definition) is 3. The fourth-order valence-corrected chi connectivity index (χ4v) is 2.93. The molecule has 0 bridgehead atoms. The lowest BCUT2D eigenvalue weighted by molar-refractivity contribution is -0.135. The number of carbonyl (C=O) groups excluding carboxylic acids is 1. The van der Waals surface area contributed by atoms with E-state index in [0.29, 0.717) is 24.8 Å². The standard InChI is InChI=1S/C15H20BrNO3/c1-11-2-3-14(13(16)8-11)20-10-15(19)17-6-4-12(9-18)5-7-17/h2-3,8,12,18H,4-7,9-10H2,1H3. The van der Waals surface area contributed by atoms with Crippen LogP contribution in [-0.4, -0.2) is 42.2 Å². The first-order valence-corrected chi connectivity index (χ1v) is 7.67. The van der Waals surface area contributed by atoms with Crippen LogP contribution >= 0.6 is 15.9 Å². The third-order valence-electron chi connectivity index (χ3n) is 3.66. The van der Waals surface area contributed by atoms with E-state index in [4.69, 9.17) is 9.84 Å². The van der Waals surface area contributed by atoms with Crippen LogP contribution in [0.2, 0.25) is 0 Å². The average Bonchev–Trinajstić information content (AvgIpc) is 2.46. The molecular weight excluding hydrogens is 322 g/mol. The summed E-state index contributed by atoms with van der Waals surface area (Å²) >= 11 is 3.43. The molecule has 0 unspecified atom stereocenters. The maximum Gasteiger partial charge on any atom is 0.260 e. The number of amides is 1. The van der Waals surface area contributed by atoms with E-state index in [9.17, 15) is 4.79 Å². The molecule has 1 saturated heterocycles.